The van der Waals surface area contributed by atoms with Crippen molar-refractivity contribution in [1.82, 2.24) is 9.55 Å². The van der Waals surface area contributed by atoms with Crippen molar-refractivity contribution >= 4 is 69.6 Å². The minimum atomic E-state index is -3.64. The Hall–Kier alpha value is 0.216. The molecular weight excluding hydrogens is 278 g/mol. The van der Waals surface area contributed by atoms with Crippen molar-refractivity contribution in [1.29, 1.82) is 0 Å². The van der Waals surface area contributed by atoms with Crippen LogP contribution in [0.1, 0.15) is 0 Å². The molecule has 0 bridgehead atoms. The molecular formula is C11H13KN2O3P. The normalized spacial score (nSPS) is 13.7. The number of hydrogen-bond donors (Lipinski definition) is 1. The predicted octanol–water partition coefficient (Wildman–Crippen LogP) is 0.327. The Labute approximate surface area is 148 Å². The minimum absolute atomic E-state index is 0. The molecule has 1 aromatic carbocycles. The van der Waals surface area contributed by atoms with Gasteiger partial charge in [0.05, 0.1) is 0 Å². The van der Waals surface area contributed by atoms with Crippen LogP contribution in [0.4, 0.5) is 0 Å². The first kappa shape index (κ1) is 16.3. The number of hydrogen-bond acceptors (Lipinski definition) is 3. The fourth-order valence-corrected chi connectivity index (χ4v) is 3.06. The fraction of sp³-hybridized carbons (Fsp3) is 0.182. The van der Waals surface area contributed by atoms with Crippen LogP contribution < -0.4 is 10.9 Å². The molecule has 18 heavy (non-hydrogen) atoms. The molecule has 0 aliphatic heterocycles. The molecule has 0 fully saturated rings. The summed E-state index contributed by atoms with van der Waals surface area (Å²) in [5.74, 6) is 0. The van der Waals surface area contributed by atoms with E-state index in [0.717, 1.165) is 0 Å². The Morgan fingerprint density at radius 2 is 2.06 bits per heavy atom. The van der Waals surface area contributed by atoms with Gasteiger partial charge in [-0.2, -0.15) is 0 Å². The number of aromatic nitrogens is 2. The molecule has 2 aromatic rings. The second-order valence-corrected chi connectivity index (χ2v) is 5.59. The second-order valence-electron chi connectivity index (χ2n) is 3.53. The number of rotatable bonds is 4. The van der Waals surface area contributed by atoms with Crippen LogP contribution in [-0.4, -0.2) is 72.9 Å². The first-order valence-corrected chi connectivity index (χ1v) is 6.71. The maximum absolute atomic E-state index is 12.4. The molecule has 1 aromatic heterocycles. The molecule has 2 rings (SSSR count). The van der Waals surface area contributed by atoms with E-state index >= 15 is 0 Å². The molecule has 1 N–H and O–H groups in total. The SMILES string of the molecule is COCn1ccnc1P(=O)(O)c1ccccc1.[K]. The Bertz CT molecular complexity index is 544. The quantitative estimate of drug-likeness (QED) is 0.651. The van der Waals surface area contributed by atoms with Gasteiger partial charge < -0.3 is 14.2 Å². The summed E-state index contributed by atoms with van der Waals surface area (Å²) in [6.07, 6.45) is 3.10. The molecule has 7 heteroatoms. The van der Waals surface area contributed by atoms with E-state index in [1.165, 1.54) is 17.9 Å². The molecule has 1 unspecified atom stereocenters. The van der Waals surface area contributed by atoms with Gasteiger partial charge in [0, 0.05) is 76.2 Å². The van der Waals surface area contributed by atoms with E-state index in [0.29, 0.717) is 5.30 Å². The molecule has 5 nitrogen and oxygen atoms in total. The Morgan fingerprint density at radius 1 is 1.39 bits per heavy atom. The standard InChI is InChI=1S/C11H13N2O3P.K/c1-16-9-13-8-7-12-11(13)17(14,15)10-5-3-2-4-6-10;/h2-8H,9H2,1H3,(H,14,15);. The molecule has 1 heterocycles. The third-order valence-electron chi connectivity index (χ3n) is 2.34. The first-order chi connectivity index (χ1) is 8.16. The van der Waals surface area contributed by atoms with Crippen molar-refractivity contribution in [3.8, 4) is 0 Å². The van der Waals surface area contributed by atoms with Crippen LogP contribution in [0.25, 0.3) is 0 Å². The fourth-order valence-electron chi connectivity index (χ4n) is 1.56. The second kappa shape index (κ2) is 7.12. The smallest absolute Gasteiger partial charge is 0.293 e. The number of benzene rings is 1. The van der Waals surface area contributed by atoms with Crippen LogP contribution in [-0.2, 0) is 16.0 Å². The third kappa shape index (κ3) is 3.40. The van der Waals surface area contributed by atoms with Gasteiger partial charge in [0.15, 0.2) is 0 Å². The van der Waals surface area contributed by atoms with E-state index in [-0.39, 0.29) is 63.7 Å². The number of methoxy groups -OCH3 is 1. The van der Waals surface area contributed by atoms with Gasteiger partial charge >= 0.3 is 0 Å². The molecule has 1 radical (unpaired) electrons. The van der Waals surface area contributed by atoms with Gasteiger partial charge in [0.25, 0.3) is 7.37 Å². The zero-order valence-electron chi connectivity index (χ0n) is 10.4. The van der Waals surface area contributed by atoms with Gasteiger partial charge in [-0.25, -0.2) is 4.98 Å². The van der Waals surface area contributed by atoms with Crippen LogP contribution in [0.15, 0.2) is 42.7 Å². The van der Waals surface area contributed by atoms with Gasteiger partial charge in [-0.3, -0.25) is 4.57 Å². The van der Waals surface area contributed by atoms with E-state index in [2.05, 4.69) is 4.98 Å². The maximum atomic E-state index is 12.4. The molecule has 0 aliphatic rings. The van der Waals surface area contributed by atoms with Crippen LogP contribution in [0, 0.1) is 0 Å². The molecule has 0 amide bonds. The largest absolute Gasteiger partial charge is 0.364 e. The van der Waals surface area contributed by atoms with E-state index in [1.807, 2.05) is 0 Å². The minimum Gasteiger partial charge on any atom is -0.364 e. The Balaban J connectivity index is 0.00000162. The Kier molecular flexibility index (Phi) is 6.44. The summed E-state index contributed by atoms with van der Waals surface area (Å²) in [5, 5.41) is 0.364. The summed E-state index contributed by atoms with van der Waals surface area (Å²) in [5.41, 5.74) is 0.130. The van der Waals surface area contributed by atoms with E-state index < -0.39 is 7.37 Å². The van der Waals surface area contributed by atoms with E-state index in [4.69, 9.17) is 4.74 Å². The van der Waals surface area contributed by atoms with Gasteiger partial charge in [0.2, 0.25) is 5.57 Å². The predicted molar refractivity (Wildman–Crippen MR) is 70.5 cm³/mol. The monoisotopic (exact) mass is 291 g/mol. The number of imidazole rings is 1. The van der Waals surface area contributed by atoms with Gasteiger partial charge in [-0.15, -0.1) is 0 Å². The van der Waals surface area contributed by atoms with Gasteiger partial charge in [-0.1, -0.05) is 18.2 Å². The maximum Gasteiger partial charge on any atom is 0.293 e. The summed E-state index contributed by atoms with van der Waals surface area (Å²) >= 11 is 0. The van der Waals surface area contributed by atoms with Crippen molar-refractivity contribution in [2.75, 3.05) is 7.11 Å². The van der Waals surface area contributed by atoms with Crippen LogP contribution in [0.2, 0.25) is 0 Å². The van der Waals surface area contributed by atoms with E-state index in [1.54, 1.807) is 36.5 Å². The van der Waals surface area contributed by atoms with Crippen LogP contribution >= 0.6 is 7.37 Å². The summed E-state index contributed by atoms with van der Waals surface area (Å²) in [6, 6.07) is 8.48. The number of ether oxygens (including phenoxy) is 1. The topological polar surface area (TPSA) is 64.4 Å². The average Bonchev–Trinajstić information content (AvgIpc) is 2.80. The molecule has 0 spiro atoms. The average molecular weight is 291 g/mol. The summed E-state index contributed by atoms with van der Waals surface area (Å²) in [7, 11) is -2.12. The molecule has 0 saturated carbocycles. The van der Waals surface area contributed by atoms with E-state index in [9.17, 15) is 9.46 Å². The van der Waals surface area contributed by atoms with Gasteiger partial charge in [0.1, 0.15) is 6.73 Å². The Morgan fingerprint density at radius 3 is 2.67 bits per heavy atom. The molecule has 91 valence electrons. The summed E-state index contributed by atoms with van der Waals surface area (Å²) < 4.78 is 18.9. The van der Waals surface area contributed by atoms with Crippen molar-refractivity contribution in [3.63, 3.8) is 0 Å². The summed E-state index contributed by atoms with van der Waals surface area (Å²) in [6.45, 7) is 0.201. The van der Waals surface area contributed by atoms with Crippen molar-refractivity contribution in [2.24, 2.45) is 0 Å². The number of nitrogens with zero attached hydrogens (tertiary/aromatic N) is 2. The van der Waals surface area contributed by atoms with Crippen molar-refractivity contribution < 1.29 is 14.2 Å². The van der Waals surface area contributed by atoms with Gasteiger partial charge in [-0.05, 0) is 12.1 Å². The van der Waals surface area contributed by atoms with Crippen molar-refractivity contribution in [2.45, 2.75) is 6.73 Å². The zero-order valence-corrected chi connectivity index (χ0v) is 14.4. The summed E-state index contributed by atoms with van der Waals surface area (Å²) in [4.78, 5) is 14.1. The zero-order chi connectivity index (χ0) is 12.3. The van der Waals surface area contributed by atoms with Crippen LogP contribution in [0.5, 0.6) is 0 Å². The first-order valence-electron chi connectivity index (χ1n) is 5.05. The van der Waals surface area contributed by atoms with Crippen molar-refractivity contribution in [3.05, 3.63) is 42.7 Å². The molecule has 0 aliphatic carbocycles. The molecule has 0 saturated heterocycles. The van der Waals surface area contributed by atoms with Crippen LogP contribution in [0.3, 0.4) is 0 Å². The third-order valence-corrected chi connectivity index (χ3v) is 4.25. The molecule has 1 atom stereocenters.